The van der Waals surface area contributed by atoms with Gasteiger partial charge >= 0.3 is 11.9 Å². The lowest BCUT2D eigenvalue weighted by atomic mass is 10.2. The second kappa shape index (κ2) is 9.47. The Morgan fingerprint density at radius 3 is 2.62 bits per heavy atom. The third kappa shape index (κ3) is 7.53. The first-order valence-corrected chi connectivity index (χ1v) is 5.97. The number of nitrogens with one attached hydrogen (secondary N) is 1. The first-order valence-electron chi connectivity index (χ1n) is 5.34. The first kappa shape index (κ1) is 15.2. The highest BCUT2D eigenvalue weighted by Gasteiger charge is 2.13. The minimum atomic E-state index is -0.902. The van der Waals surface area contributed by atoms with Crippen molar-refractivity contribution in [3.8, 4) is 0 Å². The van der Waals surface area contributed by atoms with Gasteiger partial charge in [0.2, 0.25) is 0 Å². The minimum Gasteiger partial charge on any atom is -0.480 e. The lowest BCUT2D eigenvalue weighted by Crippen LogP contribution is -2.38. The molecule has 0 heterocycles. The molecule has 94 valence electrons. The number of thiol groups is 1. The molecule has 0 bridgehead atoms. The van der Waals surface area contributed by atoms with E-state index < -0.39 is 12.0 Å². The van der Waals surface area contributed by atoms with E-state index in [4.69, 9.17) is 9.84 Å². The van der Waals surface area contributed by atoms with Crippen molar-refractivity contribution in [2.45, 2.75) is 32.2 Å². The number of esters is 1. The molecule has 0 rings (SSSR count). The van der Waals surface area contributed by atoms with Crippen molar-refractivity contribution in [1.82, 2.24) is 5.32 Å². The van der Waals surface area contributed by atoms with E-state index in [1.165, 1.54) is 0 Å². The Labute approximate surface area is 101 Å². The summed E-state index contributed by atoms with van der Waals surface area (Å²) < 4.78 is 4.76. The number of carbonyl (C=O) groups excluding carboxylic acids is 1. The third-order valence-electron chi connectivity index (χ3n) is 1.98. The maximum Gasteiger partial charge on any atom is 0.321 e. The van der Waals surface area contributed by atoms with Gasteiger partial charge in [-0.25, -0.2) is 0 Å². The normalized spacial score (nSPS) is 12.1. The zero-order chi connectivity index (χ0) is 12.4. The van der Waals surface area contributed by atoms with Crippen LogP contribution in [-0.2, 0) is 14.3 Å². The molecule has 0 aliphatic rings. The molecule has 16 heavy (non-hydrogen) atoms. The molecule has 0 amide bonds. The van der Waals surface area contributed by atoms with Crippen LogP contribution in [0.1, 0.15) is 26.2 Å². The van der Waals surface area contributed by atoms with E-state index in [9.17, 15) is 9.59 Å². The number of carboxylic acid groups (broad SMARTS) is 1. The highest BCUT2D eigenvalue weighted by Crippen LogP contribution is 1.97. The van der Waals surface area contributed by atoms with Gasteiger partial charge in [0.25, 0.3) is 0 Å². The number of carboxylic acids is 1. The predicted molar refractivity (Wildman–Crippen MR) is 63.8 cm³/mol. The van der Waals surface area contributed by atoms with Crippen molar-refractivity contribution >= 4 is 24.6 Å². The molecule has 0 aromatic carbocycles. The molecule has 6 heteroatoms. The largest absolute Gasteiger partial charge is 0.480 e. The molecule has 0 saturated heterocycles. The average Bonchev–Trinajstić information content (AvgIpc) is 2.23. The van der Waals surface area contributed by atoms with Crippen molar-refractivity contribution in [2.75, 3.05) is 18.9 Å². The van der Waals surface area contributed by atoms with Crippen LogP contribution in [0.3, 0.4) is 0 Å². The molecule has 0 aliphatic heterocycles. The SMILES string of the molecule is CCOC(=O)CCCCN[C@@H](CS)C(=O)O. The van der Waals surface area contributed by atoms with Crippen molar-refractivity contribution < 1.29 is 19.4 Å². The number of aliphatic carboxylic acids is 1. The molecule has 2 N–H and O–H groups in total. The minimum absolute atomic E-state index is 0.202. The topological polar surface area (TPSA) is 75.6 Å². The fraction of sp³-hybridized carbons (Fsp3) is 0.800. The molecule has 0 radical (unpaired) electrons. The summed E-state index contributed by atoms with van der Waals surface area (Å²) in [5, 5.41) is 11.5. The Hall–Kier alpha value is -0.750. The number of rotatable bonds is 9. The molecular weight excluding hydrogens is 230 g/mol. The molecular formula is C10H19NO4S. The lowest BCUT2D eigenvalue weighted by molar-refractivity contribution is -0.143. The number of hydrogen-bond acceptors (Lipinski definition) is 5. The van der Waals surface area contributed by atoms with Gasteiger partial charge < -0.3 is 15.2 Å². The van der Waals surface area contributed by atoms with Gasteiger partial charge in [0, 0.05) is 12.2 Å². The Morgan fingerprint density at radius 2 is 2.12 bits per heavy atom. The summed E-state index contributed by atoms with van der Waals surface area (Å²) in [6, 6.07) is -0.620. The number of hydrogen-bond donors (Lipinski definition) is 3. The smallest absolute Gasteiger partial charge is 0.321 e. The second-order valence-corrected chi connectivity index (χ2v) is 3.65. The standard InChI is InChI=1S/C10H19NO4S/c1-2-15-9(12)5-3-4-6-11-8(7-16)10(13)14/h8,11,16H,2-7H2,1H3,(H,13,14)/t8-/m0/s1. The summed E-state index contributed by atoms with van der Waals surface area (Å²) in [6.45, 7) is 2.73. The molecule has 0 spiro atoms. The predicted octanol–water partition coefficient (Wildman–Crippen LogP) is 0.692. The molecule has 5 nitrogen and oxygen atoms in total. The number of carbonyl (C=O) groups is 2. The van der Waals surface area contributed by atoms with Gasteiger partial charge in [0.1, 0.15) is 6.04 Å². The quantitative estimate of drug-likeness (QED) is 0.318. The van der Waals surface area contributed by atoms with E-state index in [1.807, 2.05) is 0 Å². The number of unbranched alkanes of at least 4 members (excludes halogenated alkanes) is 1. The second-order valence-electron chi connectivity index (χ2n) is 3.29. The van der Waals surface area contributed by atoms with Gasteiger partial charge in [-0.2, -0.15) is 12.6 Å². The van der Waals surface area contributed by atoms with Gasteiger partial charge in [0.15, 0.2) is 0 Å². The molecule has 0 aromatic rings. The van der Waals surface area contributed by atoms with Gasteiger partial charge in [0.05, 0.1) is 6.61 Å². The molecule has 0 fully saturated rings. The Bertz CT molecular complexity index is 223. The summed E-state index contributed by atoms with van der Waals surface area (Å²) >= 11 is 3.92. The Balaban J connectivity index is 3.45. The van der Waals surface area contributed by atoms with Crippen LogP contribution in [0.5, 0.6) is 0 Å². The fourth-order valence-electron chi connectivity index (χ4n) is 1.13. The lowest BCUT2D eigenvalue weighted by Gasteiger charge is -2.11. The van der Waals surface area contributed by atoms with Gasteiger partial charge in [-0.05, 0) is 26.3 Å². The van der Waals surface area contributed by atoms with Crippen LogP contribution in [0.15, 0.2) is 0 Å². The molecule has 0 unspecified atom stereocenters. The van der Waals surface area contributed by atoms with Crippen molar-refractivity contribution in [3.63, 3.8) is 0 Å². The van der Waals surface area contributed by atoms with E-state index >= 15 is 0 Å². The fourth-order valence-corrected chi connectivity index (χ4v) is 1.42. The summed E-state index contributed by atoms with van der Waals surface area (Å²) in [4.78, 5) is 21.6. The van der Waals surface area contributed by atoms with Crippen LogP contribution in [-0.4, -0.2) is 42.0 Å². The van der Waals surface area contributed by atoms with Gasteiger partial charge in [-0.1, -0.05) is 0 Å². The highest BCUT2D eigenvalue weighted by molar-refractivity contribution is 7.80. The van der Waals surface area contributed by atoms with E-state index in [-0.39, 0.29) is 11.7 Å². The maximum atomic E-state index is 11.0. The van der Waals surface area contributed by atoms with E-state index in [2.05, 4.69) is 17.9 Å². The third-order valence-corrected chi connectivity index (χ3v) is 2.35. The van der Waals surface area contributed by atoms with Crippen LogP contribution >= 0.6 is 12.6 Å². The van der Waals surface area contributed by atoms with Crippen LogP contribution in [0, 0.1) is 0 Å². The van der Waals surface area contributed by atoms with Crippen molar-refractivity contribution in [3.05, 3.63) is 0 Å². The van der Waals surface area contributed by atoms with Crippen molar-refractivity contribution in [1.29, 1.82) is 0 Å². The van der Waals surface area contributed by atoms with E-state index in [0.717, 1.165) is 6.42 Å². The maximum absolute atomic E-state index is 11.0. The van der Waals surface area contributed by atoms with Gasteiger partial charge in [-0.3, -0.25) is 9.59 Å². The monoisotopic (exact) mass is 249 g/mol. The average molecular weight is 249 g/mol. The zero-order valence-electron chi connectivity index (χ0n) is 9.44. The van der Waals surface area contributed by atoms with Crippen LogP contribution in [0.2, 0.25) is 0 Å². The van der Waals surface area contributed by atoms with Gasteiger partial charge in [-0.15, -0.1) is 0 Å². The van der Waals surface area contributed by atoms with Crippen LogP contribution in [0.25, 0.3) is 0 Å². The van der Waals surface area contributed by atoms with Crippen LogP contribution in [0.4, 0.5) is 0 Å². The molecule has 0 aliphatic carbocycles. The summed E-state index contributed by atoms with van der Waals surface area (Å²) in [5.41, 5.74) is 0. The van der Waals surface area contributed by atoms with Crippen LogP contribution < -0.4 is 5.32 Å². The summed E-state index contributed by atoms with van der Waals surface area (Å²) in [6.07, 6.45) is 1.83. The summed E-state index contributed by atoms with van der Waals surface area (Å²) in [7, 11) is 0. The van der Waals surface area contributed by atoms with E-state index in [1.54, 1.807) is 6.92 Å². The molecule has 0 aromatic heterocycles. The highest BCUT2D eigenvalue weighted by atomic mass is 32.1. The molecule has 0 saturated carbocycles. The Kier molecular flexibility index (Phi) is 9.03. The molecule has 1 atom stereocenters. The first-order chi connectivity index (χ1) is 7.61. The zero-order valence-corrected chi connectivity index (χ0v) is 10.3. The Morgan fingerprint density at radius 1 is 1.44 bits per heavy atom. The number of ether oxygens (including phenoxy) is 1. The van der Waals surface area contributed by atoms with Crippen molar-refractivity contribution in [2.24, 2.45) is 0 Å². The van der Waals surface area contributed by atoms with E-state index in [0.29, 0.717) is 26.0 Å². The summed E-state index contributed by atoms with van der Waals surface area (Å²) in [5.74, 6) is -0.848.